The quantitative estimate of drug-likeness (QED) is 0.165. The predicted molar refractivity (Wildman–Crippen MR) is 154 cm³/mol. The Kier molecular flexibility index (Phi) is 13.1. The van der Waals surface area contributed by atoms with E-state index < -0.39 is 22.7 Å². The van der Waals surface area contributed by atoms with Gasteiger partial charge in [-0.3, -0.25) is 9.59 Å². The monoisotopic (exact) mass is 534 g/mol. The third-order valence-corrected chi connectivity index (χ3v) is 8.33. The molecule has 218 valence electrons. The van der Waals surface area contributed by atoms with Crippen LogP contribution < -0.4 is 0 Å². The highest BCUT2D eigenvalue weighted by Gasteiger charge is 2.42. The second-order valence-corrected chi connectivity index (χ2v) is 11.8. The molecular weight excluding hydrogens is 480 g/mol. The van der Waals surface area contributed by atoms with E-state index in [1.807, 2.05) is 55.4 Å². The van der Waals surface area contributed by atoms with Gasteiger partial charge in [-0.25, -0.2) is 0 Å². The van der Waals surface area contributed by atoms with Crippen LogP contribution in [0.5, 0.6) is 11.5 Å². The van der Waals surface area contributed by atoms with Crippen molar-refractivity contribution in [3.05, 3.63) is 23.3 Å². The third kappa shape index (κ3) is 7.89. The van der Waals surface area contributed by atoms with Crippen LogP contribution in [0, 0.1) is 11.8 Å². The Morgan fingerprint density at radius 1 is 0.658 bits per heavy atom. The van der Waals surface area contributed by atoms with Gasteiger partial charge in [-0.05, 0) is 50.7 Å². The summed E-state index contributed by atoms with van der Waals surface area (Å²) in [7, 11) is 0. The van der Waals surface area contributed by atoms with Crippen molar-refractivity contribution in [1.29, 1.82) is 0 Å². The number of hydrogen-bond donors (Lipinski definition) is 2. The third-order valence-electron chi connectivity index (χ3n) is 8.33. The highest BCUT2D eigenvalue weighted by atomic mass is 16.5. The molecule has 4 atom stereocenters. The molecule has 0 saturated carbocycles. The van der Waals surface area contributed by atoms with Gasteiger partial charge in [0.1, 0.15) is 23.7 Å². The molecule has 0 aliphatic rings. The van der Waals surface area contributed by atoms with Gasteiger partial charge in [0, 0.05) is 22.0 Å². The molecule has 38 heavy (non-hydrogen) atoms. The van der Waals surface area contributed by atoms with E-state index in [1.165, 1.54) is 0 Å². The fraction of sp³-hybridized carbons (Fsp3) is 0.750. The average molecular weight is 535 g/mol. The van der Waals surface area contributed by atoms with E-state index in [0.29, 0.717) is 24.0 Å². The molecule has 6 heteroatoms. The highest BCUT2D eigenvalue weighted by molar-refractivity contribution is 5.76. The first-order valence-corrected chi connectivity index (χ1v) is 14.7. The van der Waals surface area contributed by atoms with E-state index in [0.717, 1.165) is 38.5 Å². The van der Waals surface area contributed by atoms with Crippen molar-refractivity contribution in [2.24, 2.45) is 11.8 Å². The van der Waals surface area contributed by atoms with Gasteiger partial charge in [0.2, 0.25) is 0 Å². The van der Waals surface area contributed by atoms with Crippen LogP contribution >= 0.6 is 0 Å². The molecule has 0 heterocycles. The van der Waals surface area contributed by atoms with Gasteiger partial charge in [-0.2, -0.15) is 0 Å². The Morgan fingerprint density at radius 3 is 1.21 bits per heavy atom. The average Bonchev–Trinajstić information content (AvgIpc) is 2.84. The maximum atomic E-state index is 13.2. The van der Waals surface area contributed by atoms with Gasteiger partial charge in [0.15, 0.2) is 0 Å². The summed E-state index contributed by atoms with van der Waals surface area (Å²) in [5.74, 6) is -1.59. The first-order chi connectivity index (χ1) is 17.8. The molecule has 0 saturated heterocycles. The molecule has 6 nitrogen and oxygen atoms in total. The summed E-state index contributed by atoms with van der Waals surface area (Å²) < 4.78 is 11.7. The normalized spacial score (nSPS) is 15.4. The molecule has 0 bridgehead atoms. The lowest BCUT2D eigenvalue weighted by Gasteiger charge is -2.37. The standard InChI is InChI=1S/C32H54O6/c1-11-17-21(13-3)37-29(35)23(15-5)31(7,8)25-19-28(34)26(20-27(25)33)32(9,10)24(16-6)30(36)38-22(14-4)18-12-2/h19-24,33-34H,11-18H2,1-10H3. The van der Waals surface area contributed by atoms with Crippen molar-refractivity contribution >= 4 is 11.9 Å². The Balaban J connectivity index is 3.38. The molecular formula is C32H54O6. The number of esters is 2. The van der Waals surface area contributed by atoms with Crippen LogP contribution in [0.1, 0.15) is 132 Å². The van der Waals surface area contributed by atoms with E-state index in [4.69, 9.17) is 9.47 Å². The summed E-state index contributed by atoms with van der Waals surface area (Å²) in [6, 6.07) is 3.10. The zero-order valence-electron chi connectivity index (χ0n) is 25.6. The van der Waals surface area contributed by atoms with Gasteiger partial charge in [0.25, 0.3) is 0 Å². The number of phenols is 2. The zero-order chi connectivity index (χ0) is 29.3. The summed E-state index contributed by atoms with van der Waals surface area (Å²) in [5.41, 5.74) is -0.630. The minimum Gasteiger partial charge on any atom is -0.508 e. The van der Waals surface area contributed by atoms with Crippen LogP contribution in [0.4, 0.5) is 0 Å². The first kappa shape index (κ1) is 33.8. The lowest BCUT2D eigenvalue weighted by atomic mass is 9.68. The van der Waals surface area contributed by atoms with Crippen LogP contribution in [-0.2, 0) is 29.9 Å². The topological polar surface area (TPSA) is 93.1 Å². The van der Waals surface area contributed by atoms with E-state index in [9.17, 15) is 19.8 Å². The molecule has 4 unspecified atom stereocenters. The Morgan fingerprint density at radius 2 is 0.974 bits per heavy atom. The van der Waals surface area contributed by atoms with Gasteiger partial charge < -0.3 is 19.7 Å². The second kappa shape index (κ2) is 14.8. The van der Waals surface area contributed by atoms with Gasteiger partial charge in [-0.1, -0.05) is 82.1 Å². The number of ether oxygens (including phenoxy) is 2. The van der Waals surface area contributed by atoms with Crippen molar-refractivity contribution in [3.8, 4) is 11.5 Å². The second-order valence-electron chi connectivity index (χ2n) is 11.8. The maximum Gasteiger partial charge on any atom is 0.310 e. The number of carbonyl (C=O) groups is 2. The zero-order valence-corrected chi connectivity index (χ0v) is 25.6. The number of benzene rings is 1. The molecule has 2 N–H and O–H groups in total. The van der Waals surface area contributed by atoms with Crippen molar-refractivity contribution < 1.29 is 29.3 Å². The Bertz CT molecular complexity index is 830. The van der Waals surface area contributed by atoms with Crippen LogP contribution in [0.15, 0.2) is 12.1 Å². The maximum absolute atomic E-state index is 13.2. The number of aromatic hydroxyl groups is 2. The summed E-state index contributed by atoms with van der Waals surface area (Å²) in [6.07, 6.45) is 5.81. The van der Waals surface area contributed by atoms with Crippen LogP contribution in [0.2, 0.25) is 0 Å². The summed E-state index contributed by atoms with van der Waals surface area (Å²) in [6.45, 7) is 19.6. The molecule has 0 spiro atoms. The summed E-state index contributed by atoms with van der Waals surface area (Å²) >= 11 is 0. The number of rotatable bonds is 16. The largest absolute Gasteiger partial charge is 0.508 e. The van der Waals surface area contributed by atoms with Crippen LogP contribution in [-0.4, -0.2) is 34.4 Å². The SMILES string of the molecule is CCCC(CC)OC(=O)C(CC)C(C)(C)c1cc(O)c(C(C)(C)C(CC)C(=O)OC(CC)CCC)cc1O. The van der Waals surface area contributed by atoms with Crippen LogP contribution in [0.25, 0.3) is 0 Å². The first-order valence-electron chi connectivity index (χ1n) is 14.7. The fourth-order valence-corrected chi connectivity index (χ4v) is 5.76. The Labute approximate surface area is 231 Å². The van der Waals surface area contributed by atoms with E-state index in [1.54, 1.807) is 12.1 Å². The lowest BCUT2D eigenvalue weighted by Crippen LogP contribution is -2.38. The predicted octanol–water partition coefficient (Wildman–Crippen LogP) is 7.95. The van der Waals surface area contributed by atoms with Gasteiger partial charge in [0.05, 0.1) is 11.8 Å². The number of hydrogen-bond acceptors (Lipinski definition) is 6. The van der Waals surface area contributed by atoms with E-state index in [-0.39, 0.29) is 35.6 Å². The summed E-state index contributed by atoms with van der Waals surface area (Å²) in [4.78, 5) is 26.4. The van der Waals surface area contributed by atoms with E-state index in [2.05, 4.69) is 13.8 Å². The van der Waals surface area contributed by atoms with Gasteiger partial charge >= 0.3 is 11.9 Å². The molecule has 0 aliphatic heterocycles. The fourth-order valence-electron chi connectivity index (χ4n) is 5.76. The molecule has 0 amide bonds. The number of carbonyl (C=O) groups excluding carboxylic acids is 2. The molecule has 0 radical (unpaired) electrons. The minimum absolute atomic E-state index is 0.0108. The molecule has 1 rings (SSSR count). The van der Waals surface area contributed by atoms with Gasteiger partial charge in [-0.15, -0.1) is 0 Å². The Hall–Kier alpha value is -2.24. The van der Waals surface area contributed by atoms with Crippen molar-refractivity contribution in [2.45, 2.75) is 144 Å². The van der Waals surface area contributed by atoms with Crippen LogP contribution in [0.3, 0.4) is 0 Å². The molecule has 0 aliphatic carbocycles. The van der Waals surface area contributed by atoms with Crippen molar-refractivity contribution in [3.63, 3.8) is 0 Å². The van der Waals surface area contributed by atoms with E-state index >= 15 is 0 Å². The van der Waals surface area contributed by atoms with Crippen molar-refractivity contribution in [2.75, 3.05) is 0 Å². The highest BCUT2D eigenvalue weighted by Crippen LogP contribution is 2.47. The lowest BCUT2D eigenvalue weighted by molar-refractivity contribution is -0.158. The molecule has 1 aromatic rings. The minimum atomic E-state index is -0.793. The van der Waals surface area contributed by atoms with Crippen molar-refractivity contribution in [1.82, 2.24) is 0 Å². The summed E-state index contributed by atoms with van der Waals surface area (Å²) in [5, 5.41) is 22.4. The molecule has 0 fully saturated rings. The molecule has 1 aromatic carbocycles. The smallest absolute Gasteiger partial charge is 0.310 e. The number of phenolic OH excluding ortho intramolecular Hbond substituents is 2. The molecule has 0 aromatic heterocycles.